The second-order valence-corrected chi connectivity index (χ2v) is 11.7. The highest BCUT2D eigenvalue weighted by atomic mass is 32.2. The molecule has 3 aromatic carbocycles. The zero-order valence-electron chi connectivity index (χ0n) is 20.0. The van der Waals surface area contributed by atoms with Gasteiger partial charge in [-0.25, -0.2) is 13.4 Å². The van der Waals surface area contributed by atoms with E-state index in [-0.39, 0.29) is 23.0 Å². The zero-order chi connectivity index (χ0) is 27.5. The molecular formula is C26H23F3N2O5S2. The lowest BCUT2D eigenvalue weighted by Crippen LogP contribution is -2.24. The summed E-state index contributed by atoms with van der Waals surface area (Å²) in [7, 11) is -3.38. The minimum Gasteiger partial charge on any atom is -0.486 e. The number of carbonyl (C=O) groups is 1. The number of amides is 1. The number of carbonyl (C=O) groups excluding carboxylic acids is 1. The minimum absolute atomic E-state index is 0.0424. The molecule has 0 aliphatic heterocycles. The number of aliphatic hydroxyl groups excluding tert-OH is 1. The number of hydrogen-bond acceptors (Lipinski definition) is 7. The molecule has 0 fully saturated rings. The van der Waals surface area contributed by atoms with Crippen molar-refractivity contribution < 1.29 is 36.2 Å². The molecule has 0 saturated carbocycles. The summed E-state index contributed by atoms with van der Waals surface area (Å²) >= 11 is 1.31. The largest absolute Gasteiger partial charge is 0.486 e. The second kappa shape index (κ2) is 11.1. The molecule has 0 aliphatic carbocycles. The fraction of sp³-hybridized carbons (Fsp3) is 0.231. The molecule has 0 bridgehead atoms. The van der Waals surface area contributed by atoms with Gasteiger partial charge in [-0.05, 0) is 60.2 Å². The summed E-state index contributed by atoms with van der Waals surface area (Å²) in [5, 5.41) is 13.2. The van der Waals surface area contributed by atoms with Crippen LogP contribution >= 0.6 is 11.3 Å². The summed E-state index contributed by atoms with van der Waals surface area (Å²) < 4.78 is 68.5. The molecule has 0 spiro atoms. The third-order valence-corrected chi connectivity index (χ3v) is 8.51. The van der Waals surface area contributed by atoms with Crippen molar-refractivity contribution in [2.75, 3.05) is 17.7 Å². The Morgan fingerprint density at radius 2 is 1.76 bits per heavy atom. The summed E-state index contributed by atoms with van der Waals surface area (Å²) in [4.78, 5) is 17.5. The number of anilines is 1. The molecule has 1 atom stereocenters. The Morgan fingerprint density at radius 3 is 2.37 bits per heavy atom. The number of ether oxygens (including phenoxy) is 1. The molecule has 1 heterocycles. The van der Waals surface area contributed by atoms with Crippen LogP contribution in [0.5, 0.6) is 5.75 Å². The number of fused-ring (bicyclic) bond motifs is 1. The third-order valence-electron chi connectivity index (χ3n) is 5.76. The van der Waals surface area contributed by atoms with Gasteiger partial charge >= 0.3 is 6.18 Å². The first kappa shape index (κ1) is 27.6. The number of aromatic nitrogens is 1. The van der Waals surface area contributed by atoms with Crippen molar-refractivity contribution in [3.63, 3.8) is 0 Å². The highest BCUT2D eigenvalue weighted by Crippen LogP contribution is 2.31. The Kier molecular flexibility index (Phi) is 8.05. The molecule has 0 saturated heterocycles. The van der Waals surface area contributed by atoms with Crippen LogP contribution in [0, 0.1) is 0 Å². The number of thiazole rings is 1. The molecule has 4 aromatic rings. The summed E-state index contributed by atoms with van der Waals surface area (Å²) in [5.74, 6) is -1.13. The summed E-state index contributed by atoms with van der Waals surface area (Å²) in [6, 6.07) is 15.3. The van der Waals surface area contributed by atoms with E-state index in [4.69, 9.17) is 4.74 Å². The van der Waals surface area contributed by atoms with E-state index in [1.54, 1.807) is 25.1 Å². The number of benzene rings is 3. The lowest BCUT2D eigenvalue weighted by molar-refractivity contribution is -0.137. The van der Waals surface area contributed by atoms with Gasteiger partial charge in [-0.2, -0.15) is 13.2 Å². The maximum atomic E-state index is 12.9. The van der Waals surface area contributed by atoms with Gasteiger partial charge in [-0.1, -0.05) is 19.1 Å². The van der Waals surface area contributed by atoms with Crippen LogP contribution in [0.25, 0.3) is 10.2 Å². The number of hydrogen-bond donors (Lipinski definition) is 2. The van der Waals surface area contributed by atoms with E-state index in [1.165, 1.54) is 47.7 Å². The molecule has 12 heteroatoms. The fourth-order valence-corrected chi connectivity index (χ4v) is 5.44. The molecule has 0 aliphatic rings. The number of alkyl halides is 3. The van der Waals surface area contributed by atoms with Crippen LogP contribution in [0.1, 0.15) is 29.0 Å². The van der Waals surface area contributed by atoms with Gasteiger partial charge in [-0.15, -0.1) is 11.3 Å². The molecule has 2 N–H and O–H groups in total. The van der Waals surface area contributed by atoms with Crippen molar-refractivity contribution >= 4 is 43.0 Å². The number of rotatable bonds is 9. The quantitative estimate of drug-likeness (QED) is 0.282. The van der Waals surface area contributed by atoms with Gasteiger partial charge in [0.25, 0.3) is 0 Å². The van der Waals surface area contributed by atoms with E-state index in [0.29, 0.717) is 21.8 Å². The average Bonchev–Trinajstić information content (AvgIpc) is 3.30. The van der Waals surface area contributed by atoms with Crippen molar-refractivity contribution in [2.45, 2.75) is 30.5 Å². The maximum absolute atomic E-state index is 12.9. The van der Waals surface area contributed by atoms with E-state index in [0.717, 1.165) is 16.8 Å². The predicted octanol–water partition coefficient (Wildman–Crippen LogP) is 5.40. The Balaban J connectivity index is 1.42. The van der Waals surface area contributed by atoms with Gasteiger partial charge in [0.2, 0.25) is 5.91 Å². The highest BCUT2D eigenvalue weighted by molar-refractivity contribution is 7.91. The smallest absolute Gasteiger partial charge is 0.416 e. The van der Waals surface area contributed by atoms with Crippen LogP contribution in [0.3, 0.4) is 0 Å². The van der Waals surface area contributed by atoms with Crippen molar-refractivity contribution in [3.8, 4) is 5.75 Å². The van der Waals surface area contributed by atoms with Crippen LogP contribution in [0.2, 0.25) is 0 Å². The van der Waals surface area contributed by atoms with Gasteiger partial charge < -0.3 is 15.2 Å². The van der Waals surface area contributed by atoms with Crippen LogP contribution in [-0.4, -0.2) is 36.8 Å². The van der Waals surface area contributed by atoms with Crippen LogP contribution < -0.4 is 10.1 Å². The molecule has 1 unspecified atom stereocenters. The fourth-order valence-electron chi connectivity index (χ4n) is 3.64. The minimum atomic E-state index is -4.42. The Bertz CT molecular complexity index is 1530. The molecule has 200 valence electrons. The van der Waals surface area contributed by atoms with E-state index in [1.807, 2.05) is 0 Å². The van der Waals surface area contributed by atoms with Gasteiger partial charge in [0.05, 0.1) is 39.0 Å². The monoisotopic (exact) mass is 564 g/mol. The standard InChI is InChI=1S/C26H23F3N2O5S2/c1-2-38(34,35)20-10-3-16(4-11-20)21(14-32)25(33)30-18-7-12-22-23(13-18)37-24(31-22)15-36-19-8-5-17(6-9-19)26(27,28)29/h3-13,21,32H,2,14-15H2,1H3,(H,30,33). The van der Waals surface area contributed by atoms with E-state index in [9.17, 15) is 31.5 Å². The van der Waals surface area contributed by atoms with Crippen molar-refractivity contribution in [1.82, 2.24) is 4.98 Å². The average molecular weight is 565 g/mol. The number of nitrogens with zero attached hydrogens (tertiary/aromatic N) is 1. The molecule has 1 aromatic heterocycles. The first-order valence-corrected chi connectivity index (χ1v) is 13.9. The van der Waals surface area contributed by atoms with Gasteiger partial charge in [0, 0.05) is 5.69 Å². The highest BCUT2D eigenvalue weighted by Gasteiger charge is 2.30. The van der Waals surface area contributed by atoms with E-state index < -0.39 is 40.0 Å². The number of aliphatic hydroxyl groups is 1. The predicted molar refractivity (Wildman–Crippen MR) is 138 cm³/mol. The topological polar surface area (TPSA) is 106 Å². The molecular weight excluding hydrogens is 541 g/mol. The molecule has 1 amide bonds. The lowest BCUT2D eigenvalue weighted by atomic mass is 9.99. The van der Waals surface area contributed by atoms with Crippen molar-refractivity contribution in [1.29, 1.82) is 0 Å². The van der Waals surface area contributed by atoms with Crippen LogP contribution in [0.15, 0.2) is 71.6 Å². The Morgan fingerprint density at radius 1 is 1.08 bits per heavy atom. The summed E-state index contributed by atoms with van der Waals surface area (Å²) in [6.07, 6.45) is -4.42. The zero-order valence-corrected chi connectivity index (χ0v) is 21.7. The molecule has 4 rings (SSSR count). The third kappa shape index (κ3) is 6.32. The first-order chi connectivity index (χ1) is 18.0. The number of halogens is 3. The normalized spacial score (nSPS) is 12.9. The molecule has 7 nitrogen and oxygen atoms in total. The molecule has 0 radical (unpaired) electrons. The number of nitrogens with one attached hydrogen (secondary N) is 1. The summed E-state index contributed by atoms with van der Waals surface area (Å²) in [5.41, 5.74) is 0.848. The Hall–Kier alpha value is -3.48. The molecule has 38 heavy (non-hydrogen) atoms. The second-order valence-electron chi connectivity index (χ2n) is 8.30. The van der Waals surface area contributed by atoms with Crippen LogP contribution in [-0.2, 0) is 27.4 Å². The summed E-state index contributed by atoms with van der Waals surface area (Å²) in [6.45, 7) is 1.13. The van der Waals surface area contributed by atoms with Gasteiger partial charge in [0.1, 0.15) is 17.4 Å². The van der Waals surface area contributed by atoms with E-state index in [2.05, 4.69) is 10.3 Å². The number of sulfone groups is 1. The first-order valence-electron chi connectivity index (χ1n) is 11.4. The van der Waals surface area contributed by atoms with E-state index >= 15 is 0 Å². The van der Waals surface area contributed by atoms with Crippen molar-refractivity contribution in [2.24, 2.45) is 0 Å². The lowest BCUT2D eigenvalue weighted by Gasteiger charge is -2.15. The Labute approximate surface area is 220 Å². The van der Waals surface area contributed by atoms with Crippen molar-refractivity contribution in [3.05, 3.63) is 82.9 Å². The SMILES string of the molecule is CCS(=O)(=O)c1ccc(C(CO)C(=O)Nc2ccc3nc(COc4ccc(C(F)(F)F)cc4)sc3c2)cc1. The maximum Gasteiger partial charge on any atom is 0.416 e. The van der Waals surface area contributed by atoms with Gasteiger partial charge in [-0.3, -0.25) is 4.79 Å². The van der Waals surface area contributed by atoms with Gasteiger partial charge in [0.15, 0.2) is 9.84 Å². The van der Waals surface area contributed by atoms with Crippen LogP contribution in [0.4, 0.5) is 18.9 Å².